The molecule has 0 radical (unpaired) electrons. The second kappa shape index (κ2) is 10.2. The van der Waals surface area contributed by atoms with E-state index < -0.39 is 10.0 Å². The van der Waals surface area contributed by atoms with Gasteiger partial charge in [-0.3, -0.25) is 9.10 Å². The number of carbonyl (C=O) groups excluding carboxylic acids is 1. The number of thioether (sulfide) groups is 1. The Balaban J connectivity index is 1.86. The van der Waals surface area contributed by atoms with E-state index in [2.05, 4.69) is 5.32 Å². The highest BCUT2D eigenvalue weighted by atomic mass is 35.5. The molecule has 2 aromatic rings. The molecule has 1 N–H and O–H groups in total. The van der Waals surface area contributed by atoms with Crippen LogP contribution in [0.15, 0.2) is 42.5 Å². The summed E-state index contributed by atoms with van der Waals surface area (Å²) in [4.78, 5) is 12.3. The maximum atomic E-state index is 12.3. The summed E-state index contributed by atoms with van der Waals surface area (Å²) < 4.78 is 25.4. The number of aryl methyl sites for hydroxylation is 2. The number of anilines is 1. The zero-order chi connectivity index (χ0) is 20.7. The van der Waals surface area contributed by atoms with Crippen LogP contribution >= 0.6 is 23.4 Å². The van der Waals surface area contributed by atoms with Crippen LogP contribution in [0.3, 0.4) is 0 Å². The minimum absolute atomic E-state index is 0.240. The lowest BCUT2D eigenvalue weighted by molar-refractivity contribution is -0.119. The number of amides is 1. The molecule has 0 saturated heterocycles. The molecule has 0 aromatic heterocycles. The Bertz CT molecular complexity index is 933. The number of hydrogen-bond donors (Lipinski definition) is 1. The zero-order valence-corrected chi connectivity index (χ0v) is 18.6. The van der Waals surface area contributed by atoms with Crippen molar-refractivity contribution < 1.29 is 13.2 Å². The number of halogens is 1. The molecule has 152 valence electrons. The molecule has 0 bridgehead atoms. The molecule has 5 nitrogen and oxygen atoms in total. The molecule has 2 rings (SSSR count). The first-order valence-electron chi connectivity index (χ1n) is 8.81. The summed E-state index contributed by atoms with van der Waals surface area (Å²) in [5.41, 5.74) is 3.59. The molecule has 1 amide bonds. The molecule has 0 saturated carbocycles. The number of hydrogen-bond acceptors (Lipinski definition) is 4. The highest BCUT2D eigenvalue weighted by Gasteiger charge is 2.21. The van der Waals surface area contributed by atoms with Crippen molar-refractivity contribution in [2.24, 2.45) is 0 Å². The normalized spacial score (nSPS) is 11.3. The van der Waals surface area contributed by atoms with Crippen molar-refractivity contribution in [3.63, 3.8) is 0 Å². The van der Waals surface area contributed by atoms with Gasteiger partial charge in [0.1, 0.15) is 6.54 Å². The van der Waals surface area contributed by atoms with Crippen LogP contribution in [0.5, 0.6) is 0 Å². The molecule has 28 heavy (non-hydrogen) atoms. The second-order valence-corrected chi connectivity index (χ2v) is 9.95. The van der Waals surface area contributed by atoms with Crippen molar-refractivity contribution in [3.8, 4) is 0 Å². The molecule has 0 aliphatic carbocycles. The quantitative estimate of drug-likeness (QED) is 0.602. The van der Waals surface area contributed by atoms with Crippen LogP contribution in [0.2, 0.25) is 5.02 Å². The minimum atomic E-state index is -3.57. The van der Waals surface area contributed by atoms with Crippen molar-refractivity contribution in [3.05, 3.63) is 64.2 Å². The summed E-state index contributed by atoms with van der Waals surface area (Å²) in [7, 11) is -3.57. The maximum absolute atomic E-state index is 12.3. The average Bonchev–Trinajstić information content (AvgIpc) is 2.62. The first kappa shape index (κ1) is 22.6. The number of nitrogens with one attached hydrogen (secondary N) is 1. The van der Waals surface area contributed by atoms with Gasteiger partial charge in [0.05, 0.1) is 11.9 Å². The Hall–Kier alpha value is -1.70. The van der Waals surface area contributed by atoms with Gasteiger partial charge in [0.2, 0.25) is 15.9 Å². The van der Waals surface area contributed by atoms with Crippen molar-refractivity contribution in [1.82, 2.24) is 5.32 Å². The minimum Gasteiger partial charge on any atom is -0.354 e. The van der Waals surface area contributed by atoms with Gasteiger partial charge in [-0.05, 0) is 48.7 Å². The highest BCUT2D eigenvalue weighted by Crippen LogP contribution is 2.21. The molecule has 0 fully saturated rings. The molecule has 0 heterocycles. The molecule has 8 heteroatoms. The number of nitrogens with zero attached hydrogens (tertiary/aromatic N) is 1. The molecule has 0 atom stereocenters. The van der Waals surface area contributed by atoms with Crippen LogP contribution in [-0.2, 0) is 20.6 Å². The summed E-state index contributed by atoms with van der Waals surface area (Å²) in [6.45, 7) is 4.08. The average molecular weight is 441 g/mol. The second-order valence-electron chi connectivity index (χ2n) is 6.53. The lowest BCUT2D eigenvalue weighted by Gasteiger charge is -2.22. The van der Waals surface area contributed by atoms with Crippen molar-refractivity contribution in [1.29, 1.82) is 0 Å². The van der Waals surface area contributed by atoms with E-state index in [0.717, 1.165) is 38.0 Å². The predicted octanol–water partition coefficient (Wildman–Crippen LogP) is 3.77. The third-order valence-electron chi connectivity index (χ3n) is 4.25. The predicted molar refractivity (Wildman–Crippen MR) is 119 cm³/mol. The topological polar surface area (TPSA) is 66.5 Å². The zero-order valence-electron chi connectivity index (χ0n) is 16.2. The van der Waals surface area contributed by atoms with Crippen LogP contribution in [-0.4, -0.2) is 39.4 Å². The molecular formula is C20H25ClN2O3S2. The number of benzene rings is 2. The van der Waals surface area contributed by atoms with E-state index in [1.165, 1.54) is 0 Å². The SMILES string of the molecule is Cc1ccc(N(CC(=O)NCCSCc2ccccc2Cl)S(C)(=O)=O)cc1C. The molecular weight excluding hydrogens is 416 g/mol. The lowest BCUT2D eigenvalue weighted by Crippen LogP contribution is -2.41. The van der Waals surface area contributed by atoms with Crippen molar-refractivity contribution >= 4 is 45.0 Å². The summed E-state index contributed by atoms with van der Waals surface area (Å²) in [6.07, 6.45) is 1.11. The Kier molecular flexibility index (Phi) is 8.22. The highest BCUT2D eigenvalue weighted by molar-refractivity contribution is 7.98. The fourth-order valence-corrected chi connectivity index (χ4v) is 4.52. The maximum Gasteiger partial charge on any atom is 0.240 e. The van der Waals surface area contributed by atoms with E-state index in [-0.39, 0.29) is 12.5 Å². The van der Waals surface area contributed by atoms with Gasteiger partial charge in [-0.2, -0.15) is 11.8 Å². The van der Waals surface area contributed by atoms with E-state index in [4.69, 9.17) is 11.6 Å². The van der Waals surface area contributed by atoms with Crippen LogP contribution in [0.25, 0.3) is 0 Å². The Morgan fingerprint density at radius 1 is 1.14 bits per heavy atom. The molecule has 2 aromatic carbocycles. The molecule has 0 spiro atoms. The Morgan fingerprint density at radius 2 is 1.86 bits per heavy atom. The first-order chi connectivity index (χ1) is 13.2. The van der Waals surface area contributed by atoms with Crippen molar-refractivity contribution in [2.75, 3.05) is 29.4 Å². The van der Waals surface area contributed by atoms with E-state index in [1.807, 2.05) is 44.2 Å². The van der Waals surface area contributed by atoms with Gasteiger partial charge in [-0.1, -0.05) is 35.9 Å². The van der Waals surface area contributed by atoms with Gasteiger partial charge in [-0.25, -0.2) is 8.42 Å². The Labute approximate surface area is 176 Å². The third-order valence-corrected chi connectivity index (χ3v) is 6.77. The van der Waals surface area contributed by atoms with Crippen LogP contribution < -0.4 is 9.62 Å². The van der Waals surface area contributed by atoms with Gasteiger partial charge in [0.15, 0.2) is 0 Å². The smallest absolute Gasteiger partial charge is 0.240 e. The fraction of sp³-hybridized carbons (Fsp3) is 0.350. The third kappa shape index (κ3) is 6.72. The van der Waals surface area contributed by atoms with E-state index in [9.17, 15) is 13.2 Å². The van der Waals surface area contributed by atoms with Crippen LogP contribution in [0.1, 0.15) is 16.7 Å². The Morgan fingerprint density at radius 3 is 2.50 bits per heavy atom. The van der Waals surface area contributed by atoms with Crippen molar-refractivity contribution in [2.45, 2.75) is 19.6 Å². The number of sulfonamides is 1. The van der Waals surface area contributed by atoms with Gasteiger partial charge < -0.3 is 5.32 Å². The molecule has 0 unspecified atom stereocenters. The summed E-state index contributed by atoms with van der Waals surface area (Å²) in [5, 5.41) is 3.52. The van der Waals surface area contributed by atoms with Crippen LogP contribution in [0.4, 0.5) is 5.69 Å². The molecule has 0 aliphatic rings. The standard InChI is InChI=1S/C20H25ClN2O3S2/c1-15-8-9-18(12-16(15)2)23(28(3,25)26)13-20(24)22-10-11-27-14-17-6-4-5-7-19(17)21/h4-9,12H,10-11,13-14H2,1-3H3,(H,22,24). The van der Waals surface area contributed by atoms with E-state index in [0.29, 0.717) is 18.0 Å². The van der Waals surface area contributed by atoms with Gasteiger partial charge in [0, 0.05) is 23.1 Å². The summed E-state index contributed by atoms with van der Waals surface area (Å²) in [5.74, 6) is 1.13. The van der Waals surface area contributed by atoms with E-state index in [1.54, 1.807) is 23.9 Å². The lowest BCUT2D eigenvalue weighted by atomic mass is 10.1. The summed E-state index contributed by atoms with van der Waals surface area (Å²) in [6, 6.07) is 13.0. The number of rotatable bonds is 9. The monoisotopic (exact) mass is 440 g/mol. The van der Waals surface area contributed by atoms with Gasteiger partial charge in [0.25, 0.3) is 0 Å². The van der Waals surface area contributed by atoms with Gasteiger partial charge in [-0.15, -0.1) is 0 Å². The number of carbonyl (C=O) groups is 1. The van der Waals surface area contributed by atoms with E-state index >= 15 is 0 Å². The van der Waals surface area contributed by atoms with Crippen LogP contribution in [0, 0.1) is 13.8 Å². The first-order valence-corrected chi connectivity index (χ1v) is 12.2. The van der Waals surface area contributed by atoms with Gasteiger partial charge >= 0.3 is 0 Å². The summed E-state index contributed by atoms with van der Waals surface area (Å²) >= 11 is 7.78. The fourth-order valence-electron chi connectivity index (χ4n) is 2.53. The largest absolute Gasteiger partial charge is 0.354 e. The molecule has 0 aliphatic heterocycles.